The van der Waals surface area contributed by atoms with Gasteiger partial charge in [0.05, 0.1) is 17.7 Å². The average Bonchev–Trinajstić information content (AvgIpc) is 3.06. The second-order valence-corrected chi connectivity index (χ2v) is 7.81. The van der Waals surface area contributed by atoms with Gasteiger partial charge in [-0.05, 0) is 48.2 Å². The second-order valence-electron chi connectivity index (χ2n) is 7.81. The third kappa shape index (κ3) is 5.02. The van der Waals surface area contributed by atoms with Crippen LogP contribution < -0.4 is 4.74 Å². The van der Waals surface area contributed by atoms with E-state index in [0.717, 1.165) is 37.9 Å². The van der Waals surface area contributed by atoms with Gasteiger partial charge in [-0.1, -0.05) is 73.9 Å². The quantitative estimate of drug-likeness (QED) is 0.303. The van der Waals surface area contributed by atoms with Crippen molar-refractivity contribution in [2.75, 3.05) is 13.2 Å². The highest BCUT2D eigenvalue weighted by molar-refractivity contribution is 6.21. The number of hydrogen-bond acceptors (Lipinski definition) is 3. The Morgan fingerprint density at radius 3 is 1.81 bits per heavy atom. The van der Waals surface area contributed by atoms with Crippen LogP contribution in [0.4, 0.5) is 0 Å². The molecule has 0 aliphatic carbocycles. The van der Waals surface area contributed by atoms with Crippen molar-refractivity contribution in [1.29, 1.82) is 0 Å². The third-order valence-electron chi connectivity index (χ3n) is 5.63. The Balaban J connectivity index is 1.10. The van der Waals surface area contributed by atoms with Gasteiger partial charge in [0.2, 0.25) is 0 Å². The summed E-state index contributed by atoms with van der Waals surface area (Å²) in [6.45, 7) is 1.19. The highest BCUT2D eigenvalue weighted by Gasteiger charge is 2.34. The molecular formula is C27H27NO3. The van der Waals surface area contributed by atoms with E-state index in [4.69, 9.17) is 4.74 Å². The average molecular weight is 414 g/mol. The zero-order valence-corrected chi connectivity index (χ0v) is 17.6. The Morgan fingerprint density at radius 1 is 0.581 bits per heavy atom. The number of carbonyl (C=O) groups is 2. The second kappa shape index (κ2) is 10.1. The summed E-state index contributed by atoms with van der Waals surface area (Å²) in [6.07, 6.45) is 4.98. The van der Waals surface area contributed by atoms with Crippen LogP contribution in [0, 0.1) is 0 Å². The first-order valence-corrected chi connectivity index (χ1v) is 11.0. The summed E-state index contributed by atoms with van der Waals surface area (Å²) in [5.74, 6) is 0.574. The molecular weight excluding hydrogens is 386 g/mol. The zero-order chi connectivity index (χ0) is 21.5. The van der Waals surface area contributed by atoms with Gasteiger partial charge in [-0.15, -0.1) is 0 Å². The fraction of sp³-hybridized carbons (Fsp3) is 0.259. The van der Waals surface area contributed by atoms with E-state index in [1.807, 2.05) is 30.3 Å². The van der Waals surface area contributed by atoms with E-state index in [1.54, 1.807) is 24.3 Å². The van der Waals surface area contributed by atoms with Crippen molar-refractivity contribution < 1.29 is 14.3 Å². The van der Waals surface area contributed by atoms with Crippen LogP contribution in [0.2, 0.25) is 0 Å². The number of ether oxygens (including phenoxy) is 1. The fourth-order valence-corrected chi connectivity index (χ4v) is 3.91. The summed E-state index contributed by atoms with van der Waals surface area (Å²) in [5.41, 5.74) is 3.45. The van der Waals surface area contributed by atoms with Crippen molar-refractivity contribution in [3.05, 3.63) is 90.0 Å². The molecule has 3 aromatic rings. The van der Waals surface area contributed by atoms with Crippen molar-refractivity contribution in [2.45, 2.75) is 32.1 Å². The molecule has 4 rings (SSSR count). The molecule has 1 aliphatic heterocycles. The smallest absolute Gasteiger partial charge is 0.261 e. The molecule has 2 amide bonds. The standard InChI is InChI=1S/C27H27NO3/c29-26-24-13-7-8-14-25(24)27(30)28(26)19-9-2-1-3-10-20-31-23-17-15-22(16-18-23)21-11-5-4-6-12-21/h4-8,11-18H,1-3,9-10,19-20H2. The normalized spacial score (nSPS) is 12.8. The molecule has 0 bridgehead atoms. The first-order valence-electron chi connectivity index (χ1n) is 11.0. The number of amides is 2. The molecule has 0 fully saturated rings. The van der Waals surface area contributed by atoms with Gasteiger partial charge in [-0.3, -0.25) is 14.5 Å². The number of unbranched alkanes of at least 4 members (excludes halogenated alkanes) is 4. The number of carbonyl (C=O) groups excluding carboxylic acids is 2. The van der Waals surface area contributed by atoms with Gasteiger partial charge >= 0.3 is 0 Å². The van der Waals surface area contributed by atoms with Crippen LogP contribution in [-0.4, -0.2) is 29.9 Å². The summed E-state index contributed by atoms with van der Waals surface area (Å²) >= 11 is 0. The van der Waals surface area contributed by atoms with E-state index in [0.29, 0.717) is 24.3 Å². The van der Waals surface area contributed by atoms with Crippen LogP contribution in [0.3, 0.4) is 0 Å². The van der Waals surface area contributed by atoms with Gasteiger partial charge in [-0.2, -0.15) is 0 Å². The minimum absolute atomic E-state index is 0.160. The van der Waals surface area contributed by atoms with Gasteiger partial charge < -0.3 is 4.74 Å². The molecule has 0 radical (unpaired) electrons. The molecule has 1 aliphatic rings. The van der Waals surface area contributed by atoms with Crippen LogP contribution in [-0.2, 0) is 0 Å². The van der Waals surface area contributed by atoms with E-state index >= 15 is 0 Å². The summed E-state index contributed by atoms with van der Waals surface area (Å²) in [6, 6.07) is 25.6. The maximum atomic E-state index is 12.3. The monoisotopic (exact) mass is 413 g/mol. The topological polar surface area (TPSA) is 46.6 Å². The maximum Gasteiger partial charge on any atom is 0.261 e. The lowest BCUT2D eigenvalue weighted by Gasteiger charge is -2.13. The van der Waals surface area contributed by atoms with Crippen LogP contribution in [0.5, 0.6) is 5.75 Å². The van der Waals surface area contributed by atoms with Crippen LogP contribution in [0.1, 0.15) is 52.8 Å². The molecule has 0 saturated heterocycles. The van der Waals surface area contributed by atoms with Crippen molar-refractivity contribution in [3.8, 4) is 16.9 Å². The first-order chi connectivity index (χ1) is 15.2. The maximum absolute atomic E-state index is 12.3. The van der Waals surface area contributed by atoms with Crippen LogP contribution >= 0.6 is 0 Å². The van der Waals surface area contributed by atoms with E-state index in [-0.39, 0.29) is 11.8 Å². The molecule has 0 aromatic heterocycles. The summed E-state index contributed by atoms with van der Waals surface area (Å²) in [7, 11) is 0. The van der Waals surface area contributed by atoms with Gasteiger partial charge in [0.15, 0.2) is 0 Å². The summed E-state index contributed by atoms with van der Waals surface area (Å²) in [4.78, 5) is 26.1. The number of benzene rings is 3. The van der Waals surface area contributed by atoms with Crippen LogP contribution in [0.15, 0.2) is 78.9 Å². The molecule has 3 aromatic carbocycles. The van der Waals surface area contributed by atoms with Crippen LogP contribution in [0.25, 0.3) is 11.1 Å². The predicted molar refractivity (Wildman–Crippen MR) is 122 cm³/mol. The Morgan fingerprint density at radius 2 is 1.13 bits per heavy atom. The molecule has 0 N–H and O–H groups in total. The Hall–Kier alpha value is -3.40. The highest BCUT2D eigenvalue weighted by atomic mass is 16.5. The number of imide groups is 1. The minimum atomic E-state index is -0.160. The molecule has 0 atom stereocenters. The van der Waals surface area contributed by atoms with Gasteiger partial charge in [-0.25, -0.2) is 0 Å². The summed E-state index contributed by atoms with van der Waals surface area (Å²) in [5, 5.41) is 0. The fourth-order valence-electron chi connectivity index (χ4n) is 3.91. The Kier molecular flexibility index (Phi) is 6.78. The first kappa shape index (κ1) is 20.9. The lowest BCUT2D eigenvalue weighted by atomic mass is 10.1. The molecule has 0 spiro atoms. The number of fused-ring (bicyclic) bond motifs is 1. The van der Waals surface area contributed by atoms with Crippen molar-refractivity contribution in [3.63, 3.8) is 0 Å². The molecule has 158 valence electrons. The lowest BCUT2D eigenvalue weighted by Crippen LogP contribution is -2.30. The van der Waals surface area contributed by atoms with Crippen molar-refractivity contribution in [1.82, 2.24) is 4.90 Å². The van der Waals surface area contributed by atoms with E-state index in [2.05, 4.69) is 24.3 Å². The number of nitrogens with zero attached hydrogens (tertiary/aromatic N) is 1. The molecule has 31 heavy (non-hydrogen) atoms. The zero-order valence-electron chi connectivity index (χ0n) is 17.6. The predicted octanol–water partition coefficient (Wildman–Crippen LogP) is 5.98. The lowest BCUT2D eigenvalue weighted by molar-refractivity contribution is 0.0651. The molecule has 4 nitrogen and oxygen atoms in total. The number of rotatable bonds is 10. The van der Waals surface area contributed by atoms with Gasteiger partial charge in [0.1, 0.15) is 5.75 Å². The Bertz CT molecular complexity index is 993. The molecule has 1 heterocycles. The minimum Gasteiger partial charge on any atom is -0.494 e. The van der Waals surface area contributed by atoms with Gasteiger partial charge in [0.25, 0.3) is 11.8 Å². The SMILES string of the molecule is O=C1c2ccccc2C(=O)N1CCCCCCCOc1ccc(-c2ccccc2)cc1. The van der Waals surface area contributed by atoms with Gasteiger partial charge in [0, 0.05) is 6.54 Å². The summed E-state index contributed by atoms with van der Waals surface area (Å²) < 4.78 is 5.85. The number of hydrogen-bond donors (Lipinski definition) is 0. The molecule has 0 saturated carbocycles. The molecule has 4 heteroatoms. The third-order valence-corrected chi connectivity index (χ3v) is 5.63. The molecule has 0 unspecified atom stereocenters. The van der Waals surface area contributed by atoms with E-state index < -0.39 is 0 Å². The Labute approximate surface area is 183 Å². The van der Waals surface area contributed by atoms with E-state index in [1.165, 1.54) is 16.0 Å². The van der Waals surface area contributed by atoms with Crippen molar-refractivity contribution in [2.24, 2.45) is 0 Å². The van der Waals surface area contributed by atoms with Crippen molar-refractivity contribution >= 4 is 11.8 Å². The largest absolute Gasteiger partial charge is 0.494 e. The highest BCUT2D eigenvalue weighted by Crippen LogP contribution is 2.24. The van der Waals surface area contributed by atoms with E-state index in [9.17, 15) is 9.59 Å².